The lowest BCUT2D eigenvalue weighted by molar-refractivity contribution is -0.126. The molecule has 6 heteroatoms. The number of hydrogen-bond acceptors (Lipinski definition) is 4. The zero-order chi connectivity index (χ0) is 18.2. The number of benzene rings is 2. The molecule has 1 unspecified atom stereocenters. The standard InChI is InChI=1S/C19H23NO3S2/c1-14(2)19(21)13-22-12-15-7-9-17(10-8-15)23-18-6-4-5-16(11-18)20-25(3)24/h4-11,14,20H,12-13H2,1-3H3. The first kappa shape index (κ1) is 19.6. The van der Waals surface area contributed by atoms with Gasteiger partial charge in [-0.3, -0.25) is 4.79 Å². The van der Waals surface area contributed by atoms with E-state index in [0.29, 0.717) is 6.61 Å². The zero-order valence-electron chi connectivity index (χ0n) is 14.7. The maximum atomic E-state index is 11.5. The summed E-state index contributed by atoms with van der Waals surface area (Å²) in [5, 5.41) is 0. The molecule has 134 valence electrons. The molecule has 25 heavy (non-hydrogen) atoms. The average molecular weight is 378 g/mol. The second kappa shape index (κ2) is 9.65. The predicted octanol–water partition coefficient (Wildman–Crippen LogP) is 4.26. The Kier molecular flexibility index (Phi) is 7.55. The van der Waals surface area contributed by atoms with Crippen molar-refractivity contribution < 1.29 is 14.3 Å². The van der Waals surface area contributed by atoms with Crippen LogP contribution in [0.1, 0.15) is 19.4 Å². The molecule has 0 saturated heterocycles. The quantitative estimate of drug-likeness (QED) is 0.708. The van der Waals surface area contributed by atoms with E-state index in [1.54, 1.807) is 0 Å². The lowest BCUT2D eigenvalue weighted by atomic mass is 10.1. The fraction of sp³-hybridized carbons (Fsp3) is 0.316. The van der Waals surface area contributed by atoms with Gasteiger partial charge in [-0.05, 0) is 50.7 Å². The van der Waals surface area contributed by atoms with E-state index in [4.69, 9.17) is 20.7 Å². The second-order valence-corrected chi connectivity index (χ2v) is 8.56. The van der Waals surface area contributed by atoms with Crippen LogP contribution in [0.2, 0.25) is 0 Å². The van der Waals surface area contributed by atoms with Gasteiger partial charge in [-0.15, -0.1) is 0 Å². The van der Waals surface area contributed by atoms with E-state index in [2.05, 4.69) is 4.72 Å². The topological polar surface area (TPSA) is 47.6 Å². The Hall–Kier alpha value is -1.76. The first-order chi connectivity index (χ1) is 11.9. The molecule has 0 aliphatic heterocycles. The molecule has 1 atom stereocenters. The first-order valence-corrected chi connectivity index (χ1v) is 10.6. The van der Waals surface area contributed by atoms with Crippen molar-refractivity contribution in [2.75, 3.05) is 17.6 Å². The number of ether oxygens (including phenoxy) is 2. The number of hydrogen-bond donors (Lipinski definition) is 1. The smallest absolute Gasteiger partial charge is 0.160 e. The molecule has 0 spiro atoms. The Morgan fingerprint density at radius 3 is 2.52 bits per heavy atom. The fourth-order valence-electron chi connectivity index (χ4n) is 2.01. The third kappa shape index (κ3) is 6.94. The minimum Gasteiger partial charge on any atom is -0.457 e. The highest BCUT2D eigenvalue weighted by Crippen LogP contribution is 2.24. The molecule has 2 aromatic carbocycles. The van der Waals surface area contributed by atoms with E-state index < -0.39 is 0 Å². The van der Waals surface area contributed by atoms with E-state index in [0.717, 1.165) is 22.7 Å². The molecule has 0 amide bonds. The van der Waals surface area contributed by atoms with Gasteiger partial charge >= 0.3 is 0 Å². The maximum absolute atomic E-state index is 11.5. The summed E-state index contributed by atoms with van der Waals surface area (Å²) < 4.78 is 14.5. The molecule has 2 rings (SSSR count). The SMILES string of the molecule is CC(C)C(=O)COCc1ccc(Oc2cccc(NS(C)=S)c2)cc1. The number of Topliss-reactive ketones (excluding diaryl/α,β-unsaturated/α-hetero) is 1. The van der Waals surface area contributed by atoms with E-state index in [9.17, 15) is 4.79 Å². The Labute approximate surface area is 156 Å². The van der Waals surface area contributed by atoms with Crippen molar-refractivity contribution in [3.63, 3.8) is 0 Å². The number of nitrogens with one attached hydrogen (secondary N) is 1. The Bertz CT molecular complexity index is 730. The summed E-state index contributed by atoms with van der Waals surface area (Å²) in [6.07, 6.45) is 1.94. The van der Waals surface area contributed by atoms with Crippen LogP contribution < -0.4 is 9.46 Å². The molecule has 0 saturated carbocycles. The van der Waals surface area contributed by atoms with Gasteiger partial charge in [-0.1, -0.05) is 32.0 Å². The number of anilines is 1. The van der Waals surface area contributed by atoms with Crippen LogP contribution in [0.15, 0.2) is 48.5 Å². The largest absolute Gasteiger partial charge is 0.457 e. The fourth-order valence-corrected chi connectivity index (χ4v) is 2.76. The van der Waals surface area contributed by atoms with Crippen LogP contribution in [0.5, 0.6) is 11.5 Å². The molecule has 0 fully saturated rings. The van der Waals surface area contributed by atoms with E-state index in [1.165, 1.54) is 0 Å². The highest BCUT2D eigenvalue weighted by molar-refractivity contribution is 8.29. The molecule has 0 radical (unpaired) electrons. The van der Waals surface area contributed by atoms with Gasteiger partial charge in [-0.25, -0.2) is 0 Å². The molecule has 0 aliphatic carbocycles. The summed E-state index contributed by atoms with van der Waals surface area (Å²) in [6.45, 7) is 4.31. The first-order valence-electron chi connectivity index (χ1n) is 8.01. The molecule has 0 bridgehead atoms. The van der Waals surface area contributed by atoms with Crippen LogP contribution in [-0.4, -0.2) is 18.6 Å². The van der Waals surface area contributed by atoms with Gasteiger partial charge in [0.15, 0.2) is 5.78 Å². The van der Waals surface area contributed by atoms with Gasteiger partial charge in [0.2, 0.25) is 0 Å². The lowest BCUT2D eigenvalue weighted by Gasteiger charge is -2.10. The van der Waals surface area contributed by atoms with Crippen LogP contribution in [0.25, 0.3) is 0 Å². The second-order valence-electron chi connectivity index (χ2n) is 5.94. The number of rotatable bonds is 9. The maximum Gasteiger partial charge on any atom is 0.160 e. The third-order valence-corrected chi connectivity index (χ3v) is 4.18. The van der Waals surface area contributed by atoms with E-state index in [-0.39, 0.29) is 27.9 Å². The van der Waals surface area contributed by atoms with Crippen LogP contribution in [-0.2, 0) is 37.0 Å². The molecule has 0 aromatic heterocycles. The summed E-state index contributed by atoms with van der Waals surface area (Å²) in [5.74, 6) is 1.61. The van der Waals surface area contributed by atoms with Crippen LogP contribution in [0.4, 0.5) is 5.69 Å². The Morgan fingerprint density at radius 2 is 1.88 bits per heavy atom. The number of carbonyl (C=O) groups is 1. The molecule has 0 heterocycles. The minimum atomic E-state index is -0.294. The summed E-state index contributed by atoms with van der Waals surface area (Å²) >= 11 is 5.16. The van der Waals surface area contributed by atoms with Crippen LogP contribution in [0, 0.1) is 5.92 Å². The van der Waals surface area contributed by atoms with Gasteiger partial charge < -0.3 is 14.2 Å². The molecular formula is C19H23NO3S2. The van der Waals surface area contributed by atoms with Crippen molar-refractivity contribution in [3.8, 4) is 11.5 Å². The molecule has 4 nitrogen and oxygen atoms in total. The third-order valence-electron chi connectivity index (χ3n) is 3.41. The average Bonchev–Trinajstić information content (AvgIpc) is 2.56. The van der Waals surface area contributed by atoms with Gasteiger partial charge in [0.1, 0.15) is 18.1 Å². The molecule has 1 N–H and O–H groups in total. The van der Waals surface area contributed by atoms with Crippen molar-refractivity contribution in [2.45, 2.75) is 20.5 Å². The Morgan fingerprint density at radius 1 is 1.16 bits per heavy atom. The number of carbonyl (C=O) groups excluding carboxylic acids is 1. The van der Waals surface area contributed by atoms with Gasteiger partial charge in [0, 0.05) is 23.9 Å². The molecule has 0 aliphatic rings. The Balaban J connectivity index is 1.90. The van der Waals surface area contributed by atoms with Crippen molar-refractivity contribution in [3.05, 3.63) is 54.1 Å². The predicted molar refractivity (Wildman–Crippen MR) is 107 cm³/mol. The minimum absolute atomic E-state index is 0.00484. The van der Waals surface area contributed by atoms with Gasteiger partial charge in [0.25, 0.3) is 0 Å². The van der Waals surface area contributed by atoms with Crippen molar-refractivity contribution in [1.82, 2.24) is 0 Å². The summed E-state index contributed by atoms with van der Waals surface area (Å²) in [7, 11) is -0.294. The lowest BCUT2D eigenvalue weighted by Crippen LogP contribution is -2.14. The van der Waals surface area contributed by atoms with Gasteiger partial charge in [0.05, 0.1) is 6.61 Å². The summed E-state index contributed by atoms with van der Waals surface area (Å²) in [5.41, 5.74) is 1.94. The molecule has 2 aromatic rings. The van der Waals surface area contributed by atoms with Gasteiger partial charge in [-0.2, -0.15) is 0 Å². The van der Waals surface area contributed by atoms with Crippen LogP contribution in [0.3, 0.4) is 0 Å². The highest BCUT2D eigenvalue weighted by atomic mass is 32.8. The molecular weight excluding hydrogens is 354 g/mol. The summed E-state index contributed by atoms with van der Waals surface area (Å²) in [4.78, 5) is 11.5. The normalized spacial score (nSPS) is 12.0. The summed E-state index contributed by atoms with van der Waals surface area (Å²) in [6, 6.07) is 15.4. The van der Waals surface area contributed by atoms with Crippen LogP contribution >= 0.6 is 0 Å². The van der Waals surface area contributed by atoms with Crippen molar-refractivity contribution in [1.29, 1.82) is 0 Å². The number of ketones is 1. The van der Waals surface area contributed by atoms with E-state index in [1.807, 2.05) is 68.6 Å². The zero-order valence-corrected chi connectivity index (χ0v) is 16.3. The van der Waals surface area contributed by atoms with Crippen molar-refractivity contribution in [2.24, 2.45) is 5.92 Å². The highest BCUT2D eigenvalue weighted by Gasteiger charge is 2.07. The monoisotopic (exact) mass is 377 g/mol. The van der Waals surface area contributed by atoms with E-state index >= 15 is 0 Å². The van der Waals surface area contributed by atoms with Crippen molar-refractivity contribution >= 4 is 32.3 Å².